The van der Waals surface area contributed by atoms with Gasteiger partial charge in [0.1, 0.15) is 17.0 Å². The first-order valence-corrected chi connectivity index (χ1v) is 25.8. The quantitative estimate of drug-likeness (QED) is 0.0172. The van der Waals surface area contributed by atoms with Crippen molar-refractivity contribution < 1.29 is 64.5 Å². The van der Waals surface area contributed by atoms with Crippen molar-refractivity contribution in [3.8, 4) is 0 Å². The molecule has 6 bridgehead atoms. The molecule has 16 N–H and O–H groups in total. The van der Waals surface area contributed by atoms with Crippen LogP contribution in [0.1, 0.15) is 33.6 Å². The van der Waals surface area contributed by atoms with Crippen molar-refractivity contribution in [3.63, 3.8) is 0 Å². The molecule has 3 spiro atoms. The standard InChI is InChI=1S/C52H58BrClF8N10O6/c1-20-33-35-29-14-22-15-30-32(8-6-25(37(65)50(57,58)59)41(73)71-23(16-63)18-69-4)48(22,31(29)9-7-27(39(55)67)42(74)72-24(17-64)19-70-5)52(46(35,53)12-10-28(40(56)68)44(77)78)47(54,13-11-26(43(75)76)38(66)51(60,61)62)36(30)34-21(2)45(20,3)49(33,34)52/h6-13,16-22,29-36,63-64,69-70H,14-15,65-68H2,1-5H3,(H,71,73)(H,72,74)(H,75,76)(H,77,78)/b8-6-,9-7-,12-10-,13-11-,23-18+,24-19+,37-25+,38-26+,39-27+,40-28+,63-16?,64-17?. The highest BCUT2D eigenvalue weighted by Gasteiger charge is 3.09. The zero-order valence-corrected chi connectivity index (χ0v) is 44.7. The molecule has 2 amide bonds. The molecule has 0 aromatic carbocycles. The Morgan fingerprint density at radius 2 is 1.09 bits per heavy atom. The van der Waals surface area contributed by atoms with Crippen molar-refractivity contribution in [3.05, 3.63) is 118 Å². The lowest BCUT2D eigenvalue weighted by Crippen LogP contribution is -2.83. The molecule has 16 nitrogen and oxygen atoms in total. The molecule has 17 unspecified atom stereocenters. The molecule has 0 aromatic rings. The van der Waals surface area contributed by atoms with Gasteiger partial charge in [0.15, 0.2) is 11.9 Å². The van der Waals surface area contributed by atoms with Crippen LogP contribution in [0.5, 0.6) is 0 Å². The first-order chi connectivity index (χ1) is 36.2. The van der Waals surface area contributed by atoms with Crippen molar-refractivity contribution in [2.45, 2.75) is 55.2 Å². The molecular weight excluding hydrogens is 1130 g/mol. The Balaban J connectivity index is 1.54. The number of hydrogen-bond donors (Lipinski definition) is 12. The first kappa shape index (κ1) is 57.8. The molecule has 17 atom stereocenters. The van der Waals surface area contributed by atoms with Crippen LogP contribution in [0.15, 0.2) is 118 Å². The molecule has 422 valence electrons. The summed E-state index contributed by atoms with van der Waals surface area (Å²) in [4.78, 5) is 51.6. The molecular formula is C52H58BrClF8N10O6. The van der Waals surface area contributed by atoms with Gasteiger partial charge >= 0.3 is 24.3 Å². The Labute approximate surface area is 455 Å². The minimum Gasteiger partial charge on any atom is -0.478 e. The van der Waals surface area contributed by atoms with Crippen LogP contribution in [0.4, 0.5) is 35.1 Å². The van der Waals surface area contributed by atoms with E-state index in [2.05, 4.69) is 37.2 Å². The molecule has 26 heteroatoms. The third-order valence-electron chi connectivity index (χ3n) is 19.8. The van der Waals surface area contributed by atoms with Crippen LogP contribution in [0.3, 0.4) is 0 Å². The van der Waals surface area contributed by atoms with Crippen molar-refractivity contribution in [1.82, 2.24) is 21.3 Å². The SMILES string of the molecule is CN/C=C(\C=N)NC(=O)C(/C=C\C1C2CC3CC4C5C6C(C)C7(C)C(C)C8C2C(Br)(/C=C\C(C(=O)O)=C(/N)F)C(C5(Cl)/C=C\C(C(=O)O)=C(/N)C(F)(F)F)(C31C4/C=C\C(C(=O)N/C(C=N)=C/NC)=C(/N)C(F)(F)F)C687)=C(/N)F. The smallest absolute Gasteiger partial charge is 0.431 e. The number of amides is 2. The Kier molecular flexibility index (Phi) is 14.0. The van der Waals surface area contributed by atoms with Gasteiger partial charge in [-0.05, 0) is 112 Å². The van der Waals surface area contributed by atoms with Crippen LogP contribution in [0.25, 0.3) is 0 Å². The predicted molar refractivity (Wildman–Crippen MR) is 274 cm³/mol. The molecule has 0 aliphatic heterocycles. The lowest BCUT2D eigenvalue weighted by molar-refractivity contribution is -0.380. The fourth-order valence-corrected chi connectivity index (χ4v) is 21.0. The average molecular weight is 1190 g/mol. The van der Waals surface area contributed by atoms with E-state index < -0.39 is 166 Å². The molecule has 8 saturated carbocycles. The number of nitrogens with two attached hydrogens (primary N) is 4. The molecule has 8 fully saturated rings. The normalized spacial score (nSPS) is 40.9. The van der Waals surface area contributed by atoms with Gasteiger partial charge in [0, 0.05) is 44.3 Å². The summed E-state index contributed by atoms with van der Waals surface area (Å²) in [6, 6.07) is 0. The number of hydrogen-bond acceptors (Lipinski definition) is 12. The number of fused-ring (bicyclic) bond motifs is 8. The van der Waals surface area contributed by atoms with Gasteiger partial charge in [0.25, 0.3) is 11.8 Å². The molecule has 0 aromatic heterocycles. The summed E-state index contributed by atoms with van der Waals surface area (Å²) < 4.78 is 117. The summed E-state index contributed by atoms with van der Waals surface area (Å²) in [7, 11) is 2.88. The number of carbonyl (C=O) groups excluding carboxylic acids is 2. The zero-order valence-electron chi connectivity index (χ0n) is 42.3. The number of carboxylic acids is 2. The van der Waals surface area contributed by atoms with Gasteiger partial charge in [-0.3, -0.25) is 9.59 Å². The van der Waals surface area contributed by atoms with Gasteiger partial charge in [-0.25, -0.2) is 9.59 Å². The Bertz CT molecular complexity index is 3020. The van der Waals surface area contributed by atoms with E-state index in [4.69, 9.17) is 45.4 Å². The lowest BCUT2D eigenvalue weighted by atomic mass is 9.19. The highest BCUT2D eigenvalue weighted by atomic mass is 79.9. The zero-order chi connectivity index (χ0) is 58.2. The molecule has 0 heterocycles. The number of carbonyl (C=O) groups is 4. The summed E-state index contributed by atoms with van der Waals surface area (Å²) in [5.41, 5.74) is 9.02. The predicted octanol–water partition coefficient (Wildman–Crippen LogP) is 6.65. The van der Waals surface area contributed by atoms with Crippen LogP contribution in [0.2, 0.25) is 0 Å². The maximum Gasteiger partial charge on any atom is 0.431 e. The second-order valence-electron chi connectivity index (χ2n) is 21.7. The van der Waals surface area contributed by atoms with Crippen LogP contribution in [0, 0.1) is 97.6 Å². The van der Waals surface area contributed by atoms with Crippen LogP contribution in [-0.4, -0.2) is 82.0 Å². The Morgan fingerprint density at radius 1 is 0.667 bits per heavy atom. The lowest BCUT2D eigenvalue weighted by Gasteiger charge is -2.84. The fourth-order valence-electron chi connectivity index (χ4n) is 18.3. The number of aliphatic carboxylic acids is 2. The minimum absolute atomic E-state index is 0.119. The summed E-state index contributed by atoms with van der Waals surface area (Å²) in [6.45, 7) is 6.03. The molecule has 0 saturated heterocycles. The fraction of sp³-hybridized carbons (Fsp3) is 0.500. The number of allylic oxidation sites excluding steroid dienone is 8. The minimum atomic E-state index is -5.37. The monoisotopic (exact) mass is 1180 g/mol. The van der Waals surface area contributed by atoms with E-state index in [1.807, 2.05) is 20.8 Å². The van der Waals surface area contributed by atoms with Crippen molar-refractivity contribution >= 4 is 63.7 Å². The first-order valence-electron chi connectivity index (χ1n) is 24.7. The largest absolute Gasteiger partial charge is 0.478 e. The van der Waals surface area contributed by atoms with E-state index in [9.17, 15) is 55.7 Å². The highest BCUT2D eigenvalue weighted by molar-refractivity contribution is 9.10. The van der Waals surface area contributed by atoms with Crippen molar-refractivity contribution in [2.75, 3.05) is 14.1 Å². The van der Waals surface area contributed by atoms with E-state index in [-0.39, 0.29) is 36.1 Å². The second kappa shape index (κ2) is 18.9. The van der Waals surface area contributed by atoms with Gasteiger partial charge in [-0.15, -0.1) is 11.6 Å². The van der Waals surface area contributed by atoms with E-state index in [0.717, 1.165) is 30.6 Å². The van der Waals surface area contributed by atoms with E-state index in [0.29, 0.717) is 12.3 Å². The second-order valence-corrected chi connectivity index (χ2v) is 23.7. The maximum atomic E-state index is 15.7. The van der Waals surface area contributed by atoms with Crippen LogP contribution >= 0.6 is 27.5 Å². The van der Waals surface area contributed by atoms with E-state index in [1.54, 1.807) is 0 Å². The van der Waals surface area contributed by atoms with Gasteiger partial charge in [-0.1, -0.05) is 67.1 Å². The van der Waals surface area contributed by atoms with Gasteiger partial charge in [-0.2, -0.15) is 35.1 Å². The van der Waals surface area contributed by atoms with Gasteiger partial charge < -0.3 is 65.2 Å². The van der Waals surface area contributed by atoms with Gasteiger partial charge in [0.2, 0.25) is 0 Å². The van der Waals surface area contributed by atoms with E-state index >= 15 is 8.78 Å². The number of nitrogens with one attached hydrogen (secondary N) is 6. The summed E-state index contributed by atoms with van der Waals surface area (Å²) >= 11 is 12.8. The number of halogens is 10. The van der Waals surface area contributed by atoms with Crippen molar-refractivity contribution in [2.24, 2.45) is 110 Å². The van der Waals surface area contributed by atoms with Gasteiger partial charge in [0.05, 0.1) is 37.3 Å². The Morgan fingerprint density at radius 3 is 1.53 bits per heavy atom. The summed E-state index contributed by atoms with van der Waals surface area (Å²) in [6.07, 6.45) is 2.73. The Hall–Kier alpha value is -6.37. The highest BCUT2D eigenvalue weighted by Crippen LogP contribution is 3.09. The number of carboxylic acid groups (broad SMARTS) is 2. The molecule has 78 heavy (non-hydrogen) atoms. The average Bonchev–Trinajstić information content (AvgIpc) is 1.70. The third-order valence-corrected chi connectivity index (χ3v) is 21.9. The number of alkyl halides is 8. The van der Waals surface area contributed by atoms with Crippen LogP contribution in [-0.2, 0) is 19.2 Å². The molecule has 8 aliphatic carbocycles. The molecule has 8 rings (SSSR count). The maximum absolute atomic E-state index is 15.7. The number of rotatable bonds is 18. The summed E-state index contributed by atoms with van der Waals surface area (Å²) in [5.74, 6) is -16.6. The molecule has 8 aliphatic rings. The third kappa shape index (κ3) is 6.99. The summed E-state index contributed by atoms with van der Waals surface area (Å²) in [5, 5.41) is 46.1. The van der Waals surface area contributed by atoms with E-state index in [1.165, 1.54) is 44.6 Å². The topological polar surface area (TPSA) is 309 Å². The van der Waals surface area contributed by atoms with Crippen LogP contribution < -0.4 is 44.2 Å². The van der Waals surface area contributed by atoms with Crippen molar-refractivity contribution in [1.29, 1.82) is 10.8 Å². The molecule has 0 radical (unpaired) electrons.